The van der Waals surface area contributed by atoms with Gasteiger partial charge in [0.25, 0.3) is 0 Å². The smallest absolute Gasteiger partial charge is 0.324 e. The van der Waals surface area contributed by atoms with Crippen molar-refractivity contribution in [2.24, 2.45) is 0 Å². The number of ether oxygens (including phenoxy) is 1. The van der Waals surface area contributed by atoms with Crippen LogP contribution in [0.3, 0.4) is 0 Å². The van der Waals surface area contributed by atoms with Gasteiger partial charge < -0.3 is 9.84 Å². The molecule has 1 atom stereocenters. The number of rotatable bonds is 7. The van der Waals surface area contributed by atoms with Crippen LogP contribution < -0.4 is 9.46 Å². The summed E-state index contributed by atoms with van der Waals surface area (Å²) in [5.41, 5.74) is -1.59. The van der Waals surface area contributed by atoms with Crippen molar-refractivity contribution in [3.8, 4) is 5.75 Å². The Hall–Kier alpha value is -1.31. The molecule has 0 aliphatic heterocycles. The number of carbonyl (C=O) groups is 1. The molecule has 0 bridgehead atoms. The van der Waals surface area contributed by atoms with Crippen LogP contribution in [-0.4, -0.2) is 32.1 Å². The topological polar surface area (TPSA) is 92.7 Å². The lowest BCUT2D eigenvalue weighted by Gasteiger charge is -2.25. The van der Waals surface area contributed by atoms with E-state index in [4.69, 9.17) is 16.3 Å². The zero-order chi connectivity index (χ0) is 16.3. The maximum atomic E-state index is 12.4. The van der Waals surface area contributed by atoms with Crippen LogP contribution in [0, 0.1) is 0 Å². The number of halogens is 1. The van der Waals surface area contributed by atoms with Crippen molar-refractivity contribution in [3.05, 3.63) is 23.2 Å². The van der Waals surface area contributed by atoms with Gasteiger partial charge in [0, 0.05) is 11.1 Å². The summed E-state index contributed by atoms with van der Waals surface area (Å²) in [6, 6.07) is 4.03. The summed E-state index contributed by atoms with van der Waals surface area (Å²) in [4.78, 5) is 11.2. The maximum Gasteiger partial charge on any atom is 0.324 e. The van der Waals surface area contributed by atoms with E-state index >= 15 is 0 Å². The molecule has 2 N–H and O–H groups in total. The number of nitrogens with one attached hydrogen (secondary N) is 1. The van der Waals surface area contributed by atoms with E-state index in [0.29, 0.717) is 11.4 Å². The highest BCUT2D eigenvalue weighted by molar-refractivity contribution is 7.89. The fraction of sp³-hybridized carbons (Fsp3) is 0.462. The van der Waals surface area contributed by atoms with Crippen molar-refractivity contribution in [3.63, 3.8) is 0 Å². The SMILES string of the molecule is CCCC(C)(NS(=O)(=O)c1ccc(Cl)cc1OC)C(=O)O. The number of benzene rings is 1. The normalized spacial score (nSPS) is 14.5. The quantitative estimate of drug-likeness (QED) is 0.797. The van der Waals surface area contributed by atoms with Gasteiger partial charge >= 0.3 is 5.97 Å². The Bertz CT molecular complexity index is 631. The fourth-order valence-corrected chi connectivity index (χ4v) is 3.63. The Morgan fingerprint density at radius 3 is 2.57 bits per heavy atom. The van der Waals surface area contributed by atoms with Gasteiger partial charge in [-0.2, -0.15) is 4.72 Å². The predicted octanol–water partition coefficient (Wildman–Crippen LogP) is 2.27. The van der Waals surface area contributed by atoms with E-state index in [0.717, 1.165) is 0 Å². The Morgan fingerprint density at radius 2 is 2.10 bits per heavy atom. The Balaban J connectivity index is 3.26. The van der Waals surface area contributed by atoms with Crippen molar-refractivity contribution >= 4 is 27.6 Å². The van der Waals surface area contributed by atoms with Crippen molar-refractivity contribution in [2.75, 3.05) is 7.11 Å². The lowest BCUT2D eigenvalue weighted by atomic mass is 9.98. The van der Waals surface area contributed by atoms with Gasteiger partial charge in [-0.15, -0.1) is 0 Å². The first-order chi connectivity index (χ1) is 9.66. The van der Waals surface area contributed by atoms with Gasteiger partial charge in [-0.3, -0.25) is 4.79 Å². The fourth-order valence-electron chi connectivity index (χ4n) is 1.92. The molecule has 0 heterocycles. The van der Waals surface area contributed by atoms with Crippen LogP contribution in [0.15, 0.2) is 23.1 Å². The number of hydrogen-bond acceptors (Lipinski definition) is 4. The molecule has 0 saturated heterocycles. The number of aliphatic carboxylic acids is 1. The molecule has 0 amide bonds. The van der Waals surface area contributed by atoms with Crippen LogP contribution in [0.1, 0.15) is 26.7 Å². The number of carboxylic acid groups (broad SMARTS) is 1. The summed E-state index contributed by atoms with van der Waals surface area (Å²) in [5.74, 6) is -1.18. The van der Waals surface area contributed by atoms with Crippen LogP contribution in [-0.2, 0) is 14.8 Å². The van der Waals surface area contributed by atoms with Crippen LogP contribution in [0.25, 0.3) is 0 Å². The van der Waals surface area contributed by atoms with Gasteiger partial charge in [0.05, 0.1) is 7.11 Å². The first-order valence-corrected chi connectivity index (χ1v) is 8.13. The third kappa shape index (κ3) is 4.09. The molecule has 0 spiro atoms. The van der Waals surface area contributed by atoms with Crippen LogP contribution in [0.5, 0.6) is 5.75 Å². The molecular weight excluding hydrogens is 318 g/mol. The van der Waals surface area contributed by atoms with Gasteiger partial charge in [0.15, 0.2) is 0 Å². The molecule has 0 aliphatic carbocycles. The van der Waals surface area contributed by atoms with E-state index in [1.54, 1.807) is 6.92 Å². The standard InChI is InChI=1S/C13H18ClNO5S/c1-4-7-13(2,12(16)17)15-21(18,19)11-6-5-9(14)8-10(11)20-3/h5-6,8,15H,4,7H2,1-3H3,(H,16,17). The number of hydrogen-bond donors (Lipinski definition) is 2. The van der Waals surface area contributed by atoms with E-state index < -0.39 is 21.5 Å². The Labute approximate surface area is 129 Å². The van der Waals surface area contributed by atoms with E-state index in [1.807, 2.05) is 0 Å². The van der Waals surface area contributed by atoms with E-state index in [1.165, 1.54) is 32.2 Å². The minimum absolute atomic E-state index is 0.0548. The van der Waals surface area contributed by atoms with Gasteiger partial charge in [0.2, 0.25) is 10.0 Å². The van der Waals surface area contributed by atoms with Gasteiger partial charge in [-0.25, -0.2) is 8.42 Å². The molecule has 8 heteroatoms. The second-order valence-corrected chi connectivity index (χ2v) is 6.88. The Kier molecular flexibility index (Phi) is 5.61. The van der Waals surface area contributed by atoms with E-state index in [9.17, 15) is 18.3 Å². The summed E-state index contributed by atoms with van der Waals surface area (Å²) in [7, 11) is -2.75. The zero-order valence-electron chi connectivity index (χ0n) is 12.0. The average molecular weight is 336 g/mol. The highest BCUT2D eigenvalue weighted by atomic mass is 35.5. The second-order valence-electron chi connectivity index (χ2n) is 4.79. The van der Waals surface area contributed by atoms with Crippen molar-refractivity contribution in [1.29, 1.82) is 0 Å². The van der Waals surface area contributed by atoms with Crippen LogP contribution >= 0.6 is 11.6 Å². The molecule has 6 nitrogen and oxygen atoms in total. The van der Waals surface area contributed by atoms with Crippen molar-refractivity contribution in [1.82, 2.24) is 4.72 Å². The van der Waals surface area contributed by atoms with Crippen molar-refractivity contribution in [2.45, 2.75) is 37.1 Å². The lowest BCUT2D eigenvalue weighted by Crippen LogP contribution is -2.51. The highest BCUT2D eigenvalue weighted by Gasteiger charge is 2.37. The summed E-state index contributed by atoms with van der Waals surface area (Å²) < 4.78 is 32.1. The highest BCUT2D eigenvalue weighted by Crippen LogP contribution is 2.28. The molecule has 118 valence electrons. The molecule has 1 rings (SSSR count). The lowest BCUT2D eigenvalue weighted by molar-refractivity contribution is -0.143. The summed E-state index contributed by atoms with van der Waals surface area (Å²) in [6.45, 7) is 3.11. The third-order valence-corrected chi connectivity index (χ3v) is 4.87. The van der Waals surface area contributed by atoms with Gasteiger partial charge in [-0.1, -0.05) is 24.9 Å². The molecule has 21 heavy (non-hydrogen) atoms. The molecule has 1 aromatic carbocycles. The molecule has 0 radical (unpaired) electrons. The number of methoxy groups -OCH3 is 1. The number of sulfonamides is 1. The predicted molar refractivity (Wildman–Crippen MR) is 79.3 cm³/mol. The van der Waals surface area contributed by atoms with Crippen LogP contribution in [0.4, 0.5) is 0 Å². The largest absolute Gasteiger partial charge is 0.495 e. The number of carboxylic acids is 1. The molecule has 0 fully saturated rings. The molecule has 0 saturated carbocycles. The van der Waals surface area contributed by atoms with Crippen molar-refractivity contribution < 1.29 is 23.1 Å². The second kappa shape index (κ2) is 6.64. The molecule has 0 aliphatic rings. The first kappa shape index (κ1) is 17.7. The monoisotopic (exact) mass is 335 g/mol. The van der Waals surface area contributed by atoms with Crippen LogP contribution in [0.2, 0.25) is 5.02 Å². The summed E-state index contributed by atoms with van der Waals surface area (Å²) in [6.07, 6.45) is 0.681. The summed E-state index contributed by atoms with van der Waals surface area (Å²) >= 11 is 5.79. The van der Waals surface area contributed by atoms with E-state index in [2.05, 4.69) is 4.72 Å². The minimum atomic E-state index is -4.06. The first-order valence-electron chi connectivity index (χ1n) is 6.27. The maximum absolute atomic E-state index is 12.4. The molecule has 1 aromatic rings. The summed E-state index contributed by atoms with van der Waals surface area (Å²) in [5, 5.41) is 9.58. The van der Waals surface area contributed by atoms with Gasteiger partial charge in [-0.05, 0) is 25.5 Å². The molecule has 1 unspecified atom stereocenters. The zero-order valence-corrected chi connectivity index (χ0v) is 13.6. The van der Waals surface area contributed by atoms with E-state index in [-0.39, 0.29) is 17.1 Å². The molecular formula is C13H18ClNO5S. The third-order valence-electron chi connectivity index (χ3n) is 3.00. The van der Waals surface area contributed by atoms with Gasteiger partial charge in [0.1, 0.15) is 16.2 Å². The Morgan fingerprint density at radius 1 is 1.48 bits per heavy atom. The average Bonchev–Trinajstić information content (AvgIpc) is 2.37. The molecule has 0 aromatic heterocycles. The minimum Gasteiger partial charge on any atom is -0.495 e.